The van der Waals surface area contributed by atoms with Crippen LogP contribution in [-0.4, -0.2) is 97.9 Å². The molecule has 2 fully saturated rings. The Kier molecular flexibility index (Phi) is 16.3. The number of methoxy groups -OCH3 is 1. The molecule has 0 aliphatic carbocycles. The average molecular weight is 789 g/mol. The predicted molar refractivity (Wildman–Crippen MR) is 203 cm³/mol. The average Bonchev–Trinajstić information content (AvgIpc) is 3.17. The van der Waals surface area contributed by atoms with Crippen LogP contribution < -0.4 is 9.62 Å². The van der Waals surface area contributed by atoms with Crippen molar-refractivity contribution < 1.29 is 57.0 Å². The van der Waals surface area contributed by atoms with Crippen molar-refractivity contribution >= 4 is 27.6 Å². The Hall–Kier alpha value is -3.80. The van der Waals surface area contributed by atoms with Crippen LogP contribution in [0.3, 0.4) is 0 Å². The van der Waals surface area contributed by atoms with Crippen molar-refractivity contribution in [2.75, 3.05) is 38.0 Å². The number of aliphatic hydroxyl groups is 4. The van der Waals surface area contributed by atoms with Crippen LogP contribution in [0.4, 0.5) is 10.1 Å². The second-order valence-electron chi connectivity index (χ2n) is 14.0. The lowest BCUT2D eigenvalue weighted by Gasteiger charge is -2.41. The molecule has 5 N–H and O–H groups in total. The first-order valence-electron chi connectivity index (χ1n) is 18.4. The fourth-order valence-electron chi connectivity index (χ4n) is 6.28. The van der Waals surface area contributed by atoms with Gasteiger partial charge < -0.3 is 39.5 Å². The molecule has 0 saturated carbocycles. The quantitative estimate of drug-likeness (QED) is 0.0763. The highest BCUT2D eigenvalue weighted by atomic mass is 32.2. The number of nitrogens with zero attached hydrogens (tertiary/aromatic N) is 1. The van der Waals surface area contributed by atoms with Crippen molar-refractivity contribution in [2.45, 2.75) is 94.5 Å². The molecule has 1 amide bonds. The molecule has 5 rings (SSSR count). The Morgan fingerprint density at radius 2 is 1.67 bits per heavy atom. The van der Waals surface area contributed by atoms with Crippen LogP contribution in [0.25, 0.3) is 0 Å². The maximum atomic E-state index is 12.5. The summed E-state index contributed by atoms with van der Waals surface area (Å²) in [5.41, 5.74) is 2.99. The monoisotopic (exact) mass is 788 g/mol. The second kappa shape index (κ2) is 20.4. The van der Waals surface area contributed by atoms with E-state index in [2.05, 4.69) is 9.46 Å². The van der Waals surface area contributed by atoms with Gasteiger partial charge in [-0.05, 0) is 78.6 Å². The molecule has 6 atom stereocenters. The molecule has 15 heteroatoms. The highest BCUT2D eigenvalue weighted by Crippen LogP contribution is 2.39. The predicted octanol–water partition coefficient (Wildman–Crippen LogP) is 3.63. The van der Waals surface area contributed by atoms with Gasteiger partial charge in [-0.1, -0.05) is 55.5 Å². The SMILES string of the molecule is CCC(O)c1ccc(F)cc1.COC(=O)[C@@H]1CC(O)CC(OCC(O)(CO)CCc2ccc([C@@H]3CC(=O)N3c3ccc(CCCNS(C)(=O)=O)cc3)cc2)O1. The molecule has 302 valence electrons. The van der Waals surface area contributed by atoms with E-state index in [1.807, 2.05) is 55.5 Å². The largest absolute Gasteiger partial charge is 0.467 e. The molecule has 2 aliphatic rings. The highest BCUT2D eigenvalue weighted by molar-refractivity contribution is 7.88. The van der Waals surface area contributed by atoms with Crippen LogP contribution in [0.1, 0.15) is 79.8 Å². The maximum absolute atomic E-state index is 12.5. The van der Waals surface area contributed by atoms with Gasteiger partial charge in [-0.25, -0.2) is 22.3 Å². The number of sulfonamides is 1. The molecular formula is C40H53FN2O11S. The number of rotatable bonds is 17. The van der Waals surface area contributed by atoms with Gasteiger partial charge in [0.05, 0.1) is 51.2 Å². The molecule has 0 spiro atoms. The van der Waals surface area contributed by atoms with Gasteiger partial charge >= 0.3 is 5.97 Å². The summed E-state index contributed by atoms with van der Waals surface area (Å²) in [4.78, 5) is 26.1. The van der Waals surface area contributed by atoms with E-state index in [1.165, 1.54) is 19.2 Å². The Morgan fingerprint density at radius 1 is 1.04 bits per heavy atom. The van der Waals surface area contributed by atoms with Gasteiger partial charge in [0.25, 0.3) is 0 Å². The molecule has 13 nitrogen and oxygen atoms in total. The van der Waals surface area contributed by atoms with Gasteiger partial charge in [-0.3, -0.25) is 4.79 Å². The molecule has 2 aliphatic heterocycles. The number of nitrogens with one attached hydrogen (secondary N) is 1. The number of β-lactam (4-membered cyclic amide) rings is 1. The molecule has 0 aromatic heterocycles. The standard InChI is InChI=1S/C31H42N2O10S.C9H11FO/c1-41-30(37)27-16-25(35)17-29(43-27)42-20-31(38,19-34)14-13-22-5-9-23(10-6-22)26-18-28(36)33(26)24-11-7-21(8-12-24)4-3-15-32-44(2,39)40;1-2-9(11)7-3-5-8(10)6-4-7/h5-12,25-27,29,32,34-35,38H,3-4,13-20H2,1-2H3;3-6,9,11H,2H2,1H3/t25?,26-,27-,29?,31?;/m0./s1. The number of esters is 1. The Balaban J connectivity index is 0.000000525. The third kappa shape index (κ3) is 13.4. The van der Waals surface area contributed by atoms with Crippen molar-refractivity contribution in [3.8, 4) is 0 Å². The fraction of sp³-hybridized carbons (Fsp3) is 0.500. The zero-order chi connectivity index (χ0) is 40.2. The number of carbonyl (C=O) groups excluding carboxylic acids is 2. The van der Waals surface area contributed by atoms with Gasteiger partial charge in [-0.15, -0.1) is 0 Å². The number of ether oxygens (including phenoxy) is 3. The van der Waals surface area contributed by atoms with E-state index in [0.29, 0.717) is 38.6 Å². The summed E-state index contributed by atoms with van der Waals surface area (Å²) < 4.78 is 53.1. The first-order chi connectivity index (χ1) is 26.1. The van der Waals surface area contributed by atoms with Gasteiger partial charge in [0.2, 0.25) is 15.9 Å². The number of anilines is 1. The zero-order valence-corrected chi connectivity index (χ0v) is 32.3. The van der Waals surface area contributed by atoms with Crippen molar-refractivity contribution in [3.63, 3.8) is 0 Å². The van der Waals surface area contributed by atoms with Crippen LogP contribution in [0.5, 0.6) is 0 Å². The zero-order valence-electron chi connectivity index (χ0n) is 31.5. The van der Waals surface area contributed by atoms with E-state index in [-0.39, 0.29) is 43.6 Å². The van der Waals surface area contributed by atoms with Crippen LogP contribution in [0, 0.1) is 5.82 Å². The van der Waals surface area contributed by atoms with Gasteiger partial charge in [-0.2, -0.15) is 0 Å². The lowest BCUT2D eigenvalue weighted by Crippen LogP contribution is -2.46. The minimum Gasteiger partial charge on any atom is -0.467 e. The first kappa shape index (κ1) is 43.9. The molecule has 2 saturated heterocycles. The third-order valence-electron chi connectivity index (χ3n) is 9.62. The summed E-state index contributed by atoms with van der Waals surface area (Å²) >= 11 is 0. The molecular weight excluding hydrogens is 736 g/mol. The number of hydrogen-bond donors (Lipinski definition) is 5. The molecule has 3 aromatic rings. The summed E-state index contributed by atoms with van der Waals surface area (Å²) in [5, 5.41) is 40.2. The topological polar surface area (TPSA) is 192 Å². The lowest BCUT2D eigenvalue weighted by atomic mass is 9.90. The molecule has 4 unspecified atom stereocenters. The Bertz CT molecular complexity index is 1780. The lowest BCUT2D eigenvalue weighted by molar-refractivity contribution is -0.239. The third-order valence-corrected chi connectivity index (χ3v) is 10.3. The van der Waals surface area contributed by atoms with Crippen LogP contribution in [0.2, 0.25) is 0 Å². The summed E-state index contributed by atoms with van der Waals surface area (Å²) in [6.45, 7) is 1.46. The minimum atomic E-state index is -3.20. The number of hydrogen-bond acceptors (Lipinski definition) is 11. The molecule has 2 heterocycles. The van der Waals surface area contributed by atoms with E-state index in [9.17, 15) is 42.8 Å². The molecule has 0 radical (unpaired) electrons. The highest BCUT2D eigenvalue weighted by Gasteiger charge is 2.39. The number of halogens is 1. The van der Waals surface area contributed by atoms with E-state index in [4.69, 9.17) is 9.47 Å². The number of carbonyl (C=O) groups is 2. The molecule has 3 aromatic carbocycles. The van der Waals surface area contributed by atoms with E-state index < -0.39 is 52.8 Å². The molecule has 0 bridgehead atoms. The minimum absolute atomic E-state index is 0.0320. The van der Waals surface area contributed by atoms with Crippen molar-refractivity contribution in [1.82, 2.24) is 4.72 Å². The second-order valence-corrected chi connectivity index (χ2v) is 15.9. The maximum Gasteiger partial charge on any atom is 0.335 e. The van der Waals surface area contributed by atoms with Crippen LogP contribution in [-0.2, 0) is 46.7 Å². The van der Waals surface area contributed by atoms with Crippen molar-refractivity contribution in [2.24, 2.45) is 0 Å². The van der Waals surface area contributed by atoms with Crippen molar-refractivity contribution in [3.05, 3.63) is 101 Å². The summed E-state index contributed by atoms with van der Waals surface area (Å²) in [6.07, 6.45) is 1.29. The molecule has 55 heavy (non-hydrogen) atoms. The van der Waals surface area contributed by atoms with E-state index in [1.54, 1.807) is 17.0 Å². The van der Waals surface area contributed by atoms with Gasteiger partial charge in [0.15, 0.2) is 12.4 Å². The number of amides is 1. The Labute approximate surface area is 322 Å². The van der Waals surface area contributed by atoms with Gasteiger partial charge in [0.1, 0.15) is 11.4 Å². The van der Waals surface area contributed by atoms with Crippen molar-refractivity contribution in [1.29, 1.82) is 0 Å². The van der Waals surface area contributed by atoms with Crippen LogP contribution >= 0.6 is 0 Å². The summed E-state index contributed by atoms with van der Waals surface area (Å²) in [7, 11) is -1.97. The first-order valence-corrected chi connectivity index (χ1v) is 20.3. The van der Waals surface area contributed by atoms with Gasteiger partial charge in [0, 0.05) is 25.1 Å². The summed E-state index contributed by atoms with van der Waals surface area (Å²) in [5.74, 6) is -0.846. The number of aliphatic hydroxyl groups excluding tert-OH is 3. The smallest absolute Gasteiger partial charge is 0.335 e. The number of benzene rings is 3. The van der Waals surface area contributed by atoms with E-state index in [0.717, 1.165) is 34.2 Å². The fourth-order valence-corrected chi connectivity index (χ4v) is 6.80. The Morgan fingerprint density at radius 3 is 2.25 bits per heavy atom. The number of aryl methyl sites for hydroxylation is 2. The van der Waals surface area contributed by atoms with Crippen LogP contribution in [0.15, 0.2) is 72.8 Å². The van der Waals surface area contributed by atoms with E-state index >= 15 is 0 Å². The summed E-state index contributed by atoms with van der Waals surface area (Å²) in [6, 6.07) is 21.3. The normalized spacial score (nSPS) is 21.5.